The molecular formula is C14H28N2O3. The lowest BCUT2D eigenvalue weighted by Gasteiger charge is -2.30. The van der Waals surface area contributed by atoms with E-state index in [0.29, 0.717) is 5.92 Å². The van der Waals surface area contributed by atoms with Gasteiger partial charge in [0, 0.05) is 32.8 Å². The molecule has 3 N–H and O–H groups in total. The van der Waals surface area contributed by atoms with Crippen molar-refractivity contribution in [3.63, 3.8) is 0 Å². The molecule has 0 amide bonds. The van der Waals surface area contributed by atoms with Crippen molar-refractivity contribution in [2.45, 2.75) is 43.4 Å². The molecule has 0 bridgehead atoms. The number of nitrogens with zero attached hydrogens (tertiary/aromatic N) is 1. The van der Waals surface area contributed by atoms with Gasteiger partial charge in [0.05, 0.1) is 18.8 Å². The molecule has 1 heterocycles. The Morgan fingerprint density at radius 3 is 2.42 bits per heavy atom. The van der Waals surface area contributed by atoms with Gasteiger partial charge in [0.15, 0.2) is 0 Å². The third-order valence-corrected chi connectivity index (χ3v) is 4.99. The van der Waals surface area contributed by atoms with Crippen LogP contribution in [0.4, 0.5) is 0 Å². The number of aliphatic hydroxyl groups excluding tert-OH is 1. The first-order valence-corrected chi connectivity index (χ1v) is 7.30. The summed E-state index contributed by atoms with van der Waals surface area (Å²) >= 11 is 0. The summed E-state index contributed by atoms with van der Waals surface area (Å²) in [7, 11) is 3.49. The predicted octanol–water partition coefficient (Wildman–Crippen LogP) is 0.212. The summed E-state index contributed by atoms with van der Waals surface area (Å²) in [5.41, 5.74) is 5.93. The highest BCUT2D eigenvalue weighted by molar-refractivity contribution is 4.97. The summed E-state index contributed by atoms with van der Waals surface area (Å²) in [6.45, 7) is 2.99. The van der Waals surface area contributed by atoms with E-state index in [2.05, 4.69) is 4.90 Å². The Morgan fingerprint density at radius 1 is 1.26 bits per heavy atom. The fourth-order valence-corrected chi connectivity index (χ4v) is 3.60. The summed E-state index contributed by atoms with van der Waals surface area (Å²) in [4.78, 5) is 2.39. The van der Waals surface area contributed by atoms with Crippen LogP contribution in [-0.4, -0.2) is 68.2 Å². The smallest absolute Gasteiger partial charge is 0.0971 e. The van der Waals surface area contributed by atoms with E-state index < -0.39 is 0 Å². The Labute approximate surface area is 116 Å². The first-order valence-electron chi connectivity index (χ1n) is 7.30. The fourth-order valence-electron chi connectivity index (χ4n) is 3.60. The lowest BCUT2D eigenvalue weighted by molar-refractivity contribution is -0.00461. The summed E-state index contributed by atoms with van der Waals surface area (Å²) in [5, 5.41) is 9.47. The number of rotatable bonds is 6. The molecule has 5 nitrogen and oxygen atoms in total. The monoisotopic (exact) mass is 272 g/mol. The molecule has 1 saturated carbocycles. The Morgan fingerprint density at radius 2 is 1.89 bits per heavy atom. The molecule has 5 heteroatoms. The highest BCUT2D eigenvalue weighted by atomic mass is 16.5. The second-order valence-electron chi connectivity index (χ2n) is 6.08. The van der Waals surface area contributed by atoms with Gasteiger partial charge < -0.3 is 20.3 Å². The Bertz CT molecular complexity index is 278. The van der Waals surface area contributed by atoms with E-state index in [1.54, 1.807) is 14.2 Å². The van der Waals surface area contributed by atoms with E-state index in [1.807, 2.05) is 0 Å². The highest BCUT2D eigenvalue weighted by Gasteiger charge is 2.39. The zero-order valence-corrected chi connectivity index (χ0v) is 12.2. The number of ether oxygens (including phenoxy) is 2. The van der Waals surface area contributed by atoms with Crippen LogP contribution < -0.4 is 5.73 Å². The van der Waals surface area contributed by atoms with Gasteiger partial charge >= 0.3 is 0 Å². The molecule has 19 heavy (non-hydrogen) atoms. The van der Waals surface area contributed by atoms with E-state index >= 15 is 0 Å². The molecule has 2 rings (SSSR count). The minimum atomic E-state index is -0.346. The summed E-state index contributed by atoms with van der Waals surface area (Å²) < 4.78 is 10.9. The number of aliphatic hydroxyl groups is 1. The van der Waals surface area contributed by atoms with Gasteiger partial charge in [-0.05, 0) is 31.7 Å². The molecule has 4 atom stereocenters. The van der Waals surface area contributed by atoms with Gasteiger partial charge in [-0.2, -0.15) is 0 Å². The second kappa shape index (κ2) is 6.50. The lowest BCUT2D eigenvalue weighted by atomic mass is 9.86. The maximum Gasteiger partial charge on any atom is 0.0971 e. The standard InChI is InChI=1S/C14H28N2O3/c1-18-12-8-16(9-13(12)19-2)7-5-11-4-3-6-14(11,15)10-17/h11-13,17H,3-10,15H2,1-2H3. The molecule has 112 valence electrons. The van der Waals surface area contributed by atoms with Crippen molar-refractivity contribution in [2.75, 3.05) is 40.5 Å². The summed E-state index contributed by atoms with van der Waals surface area (Å²) in [6.07, 6.45) is 4.65. The quantitative estimate of drug-likeness (QED) is 0.723. The average molecular weight is 272 g/mol. The van der Waals surface area contributed by atoms with Crippen molar-refractivity contribution >= 4 is 0 Å². The van der Waals surface area contributed by atoms with Crippen LogP contribution in [0.3, 0.4) is 0 Å². The van der Waals surface area contributed by atoms with Gasteiger partial charge in [0.1, 0.15) is 0 Å². The van der Waals surface area contributed by atoms with E-state index in [4.69, 9.17) is 15.2 Å². The minimum absolute atomic E-state index is 0.110. The van der Waals surface area contributed by atoms with Crippen molar-refractivity contribution < 1.29 is 14.6 Å². The molecule has 0 spiro atoms. The van der Waals surface area contributed by atoms with Gasteiger partial charge in [-0.3, -0.25) is 4.90 Å². The number of nitrogens with two attached hydrogens (primary N) is 1. The number of likely N-dealkylation sites (tertiary alicyclic amines) is 1. The Balaban J connectivity index is 1.80. The van der Waals surface area contributed by atoms with Gasteiger partial charge in [0.2, 0.25) is 0 Å². The van der Waals surface area contributed by atoms with Crippen molar-refractivity contribution in [1.82, 2.24) is 4.90 Å². The molecule has 1 aliphatic carbocycles. The molecule has 0 radical (unpaired) electrons. The zero-order valence-electron chi connectivity index (χ0n) is 12.2. The van der Waals surface area contributed by atoms with Gasteiger partial charge in [0.25, 0.3) is 0 Å². The Hall–Kier alpha value is -0.200. The van der Waals surface area contributed by atoms with E-state index in [9.17, 15) is 5.11 Å². The molecule has 0 aromatic rings. The number of methoxy groups -OCH3 is 2. The predicted molar refractivity (Wildman–Crippen MR) is 74.0 cm³/mol. The molecule has 1 saturated heterocycles. The fraction of sp³-hybridized carbons (Fsp3) is 1.00. The van der Waals surface area contributed by atoms with Crippen molar-refractivity contribution in [3.8, 4) is 0 Å². The van der Waals surface area contributed by atoms with Crippen LogP contribution in [0.1, 0.15) is 25.7 Å². The topological polar surface area (TPSA) is 68.0 Å². The van der Waals surface area contributed by atoms with Gasteiger partial charge in [-0.1, -0.05) is 6.42 Å². The average Bonchev–Trinajstić information content (AvgIpc) is 3.00. The van der Waals surface area contributed by atoms with Crippen molar-refractivity contribution in [2.24, 2.45) is 11.7 Å². The SMILES string of the molecule is COC1CN(CCC2CCCC2(N)CO)CC1OC. The lowest BCUT2D eigenvalue weighted by Crippen LogP contribution is -2.47. The normalized spacial score (nSPS) is 40.1. The van der Waals surface area contributed by atoms with Crippen LogP contribution >= 0.6 is 0 Å². The van der Waals surface area contributed by atoms with Crippen molar-refractivity contribution in [3.05, 3.63) is 0 Å². The number of hydrogen-bond acceptors (Lipinski definition) is 5. The largest absolute Gasteiger partial charge is 0.394 e. The molecule has 2 fully saturated rings. The molecule has 0 aromatic carbocycles. The van der Waals surface area contributed by atoms with Crippen LogP contribution in [0.15, 0.2) is 0 Å². The zero-order chi connectivity index (χ0) is 13.9. The third kappa shape index (κ3) is 3.28. The number of hydrogen-bond donors (Lipinski definition) is 2. The van der Waals surface area contributed by atoms with Crippen LogP contribution in [-0.2, 0) is 9.47 Å². The van der Waals surface area contributed by atoms with Gasteiger partial charge in [-0.15, -0.1) is 0 Å². The van der Waals surface area contributed by atoms with Crippen LogP contribution in [0.2, 0.25) is 0 Å². The maximum absolute atomic E-state index is 9.47. The second-order valence-corrected chi connectivity index (χ2v) is 6.08. The first-order chi connectivity index (χ1) is 9.12. The van der Waals surface area contributed by atoms with E-state index in [1.165, 1.54) is 0 Å². The first kappa shape index (κ1) is 15.2. The van der Waals surface area contributed by atoms with Gasteiger partial charge in [-0.25, -0.2) is 0 Å². The highest BCUT2D eigenvalue weighted by Crippen LogP contribution is 2.36. The Kier molecular flexibility index (Phi) is 5.20. The summed E-state index contributed by atoms with van der Waals surface area (Å²) in [5.74, 6) is 0.445. The minimum Gasteiger partial charge on any atom is -0.394 e. The third-order valence-electron chi connectivity index (χ3n) is 4.99. The maximum atomic E-state index is 9.47. The molecule has 2 aliphatic rings. The molecular weight excluding hydrogens is 244 g/mol. The van der Waals surface area contributed by atoms with E-state index in [-0.39, 0.29) is 24.4 Å². The van der Waals surface area contributed by atoms with E-state index in [0.717, 1.165) is 45.3 Å². The molecule has 1 aliphatic heterocycles. The van der Waals surface area contributed by atoms with Crippen LogP contribution in [0.25, 0.3) is 0 Å². The molecule has 4 unspecified atom stereocenters. The summed E-state index contributed by atoms with van der Waals surface area (Å²) in [6, 6.07) is 0. The van der Waals surface area contributed by atoms with Crippen LogP contribution in [0.5, 0.6) is 0 Å². The van der Waals surface area contributed by atoms with Crippen LogP contribution in [0, 0.1) is 5.92 Å². The van der Waals surface area contributed by atoms with Crippen molar-refractivity contribution in [1.29, 1.82) is 0 Å². The molecule has 0 aromatic heterocycles.